The molecule has 192 valence electrons. The molecule has 4 aromatic rings. The molecule has 0 aliphatic rings. The standard InChI is InChI=1S/C31H30N4O3/c1-2-35(28-17-7-4-8-18-28)31(38)25-14-10-16-27(20-25)34-29(36)22-32-26-15-9-13-24(19-26)30(37)33-21-23-11-5-3-6-12-23/h3-20,32H,2,21-22H2,1H3,(H,33,37)(H,34,36). The van der Waals surface area contributed by atoms with E-state index in [1.165, 1.54) is 0 Å². The highest BCUT2D eigenvalue weighted by molar-refractivity contribution is 6.07. The molecule has 0 aromatic heterocycles. The van der Waals surface area contributed by atoms with Crippen molar-refractivity contribution in [1.82, 2.24) is 5.32 Å². The van der Waals surface area contributed by atoms with Crippen LogP contribution in [0.15, 0.2) is 109 Å². The third-order valence-electron chi connectivity index (χ3n) is 5.90. The van der Waals surface area contributed by atoms with Crippen molar-refractivity contribution in [3.63, 3.8) is 0 Å². The van der Waals surface area contributed by atoms with Crippen molar-refractivity contribution < 1.29 is 14.4 Å². The zero-order chi connectivity index (χ0) is 26.7. The fourth-order valence-corrected chi connectivity index (χ4v) is 3.98. The van der Waals surface area contributed by atoms with E-state index in [4.69, 9.17) is 0 Å². The Morgan fingerprint density at radius 2 is 1.34 bits per heavy atom. The van der Waals surface area contributed by atoms with Crippen LogP contribution >= 0.6 is 0 Å². The number of carbonyl (C=O) groups excluding carboxylic acids is 3. The summed E-state index contributed by atoms with van der Waals surface area (Å²) in [5.74, 6) is -0.612. The molecule has 0 heterocycles. The lowest BCUT2D eigenvalue weighted by Gasteiger charge is -2.21. The van der Waals surface area contributed by atoms with Crippen LogP contribution in [0.5, 0.6) is 0 Å². The van der Waals surface area contributed by atoms with Gasteiger partial charge in [0.2, 0.25) is 5.91 Å². The minimum atomic E-state index is -0.274. The van der Waals surface area contributed by atoms with Gasteiger partial charge in [-0.1, -0.05) is 60.7 Å². The molecule has 0 radical (unpaired) electrons. The number of carbonyl (C=O) groups is 3. The van der Waals surface area contributed by atoms with Gasteiger partial charge in [-0.05, 0) is 61.0 Å². The number of rotatable bonds is 10. The first kappa shape index (κ1) is 26.2. The van der Waals surface area contributed by atoms with Crippen LogP contribution in [-0.2, 0) is 11.3 Å². The van der Waals surface area contributed by atoms with Gasteiger partial charge in [0.25, 0.3) is 11.8 Å². The van der Waals surface area contributed by atoms with E-state index in [2.05, 4.69) is 16.0 Å². The fourth-order valence-electron chi connectivity index (χ4n) is 3.98. The Labute approximate surface area is 222 Å². The molecule has 0 saturated heterocycles. The largest absolute Gasteiger partial charge is 0.376 e. The normalized spacial score (nSPS) is 10.3. The summed E-state index contributed by atoms with van der Waals surface area (Å²) in [4.78, 5) is 39.9. The summed E-state index contributed by atoms with van der Waals surface area (Å²) < 4.78 is 0. The summed E-state index contributed by atoms with van der Waals surface area (Å²) in [7, 11) is 0. The predicted molar refractivity (Wildman–Crippen MR) is 151 cm³/mol. The van der Waals surface area contributed by atoms with Crippen molar-refractivity contribution in [3.05, 3.63) is 126 Å². The number of hydrogen-bond donors (Lipinski definition) is 3. The average molecular weight is 507 g/mol. The minimum Gasteiger partial charge on any atom is -0.376 e. The van der Waals surface area contributed by atoms with Gasteiger partial charge in [0.15, 0.2) is 0 Å². The number of para-hydroxylation sites is 1. The van der Waals surface area contributed by atoms with Gasteiger partial charge in [-0.25, -0.2) is 0 Å². The van der Waals surface area contributed by atoms with Gasteiger partial charge in [-0.3, -0.25) is 14.4 Å². The molecule has 0 atom stereocenters. The van der Waals surface area contributed by atoms with E-state index in [9.17, 15) is 14.4 Å². The lowest BCUT2D eigenvalue weighted by atomic mass is 10.1. The SMILES string of the molecule is CCN(C(=O)c1cccc(NC(=O)CNc2cccc(C(=O)NCc3ccccc3)c2)c1)c1ccccc1. The van der Waals surface area contributed by atoms with Crippen molar-refractivity contribution in [3.8, 4) is 0 Å². The number of nitrogens with zero attached hydrogens (tertiary/aromatic N) is 1. The Balaban J connectivity index is 1.32. The van der Waals surface area contributed by atoms with Crippen molar-refractivity contribution in [1.29, 1.82) is 0 Å². The number of benzene rings is 4. The quantitative estimate of drug-likeness (QED) is 0.271. The number of anilines is 3. The van der Waals surface area contributed by atoms with Crippen LogP contribution in [0.1, 0.15) is 33.2 Å². The molecule has 0 bridgehead atoms. The molecule has 0 spiro atoms. The van der Waals surface area contributed by atoms with Gasteiger partial charge >= 0.3 is 0 Å². The fraction of sp³-hybridized carbons (Fsp3) is 0.129. The van der Waals surface area contributed by atoms with Crippen LogP contribution in [0, 0.1) is 0 Å². The van der Waals surface area contributed by atoms with Gasteiger partial charge < -0.3 is 20.9 Å². The summed E-state index contributed by atoms with van der Waals surface area (Å²) >= 11 is 0. The molecule has 4 rings (SSSR count). The molecule has 3 amide bonds. The maximum absolute atomic E-state index is 13.1. The summed E-state index contributed by atoms with van der Waals surface area (Å²) in [5.41, 5.74) is 3.99. The van der Waals surface area contributed by atoms with Crippen molar-refractivity contribution in [2.45, 2.75) is 13.5 Å². The topological polar surface area (TPSA) is 90.5 Å². The van der Waals surface area contributed by atoms with E-state index in [0.29, 0.717) is 35.6 Å². The summed E-state index contributed by atoms with van der Waals surface area (Å²) in [6.45, 7) is 2.87. The van der Waals surface area contributed by atoms with E-state index in [-0.39, 0.29) is 24.3 Å². The second-order valence-electron chi connectivity index (χ2n) is 8.62. The second kappa shape index (κ2) is 12.9. The third-order valence-corrected chi connectivity index (χ3v) is 5.90. The molecular formula is C31H30N4O3. The summed E-state index contributed by atoms with van der Waals surface area (Å²) in [6, 6.07) is 33.0. The Bertz CT molecular complexity index is 1390. The van der Waals surface area contributed by atoms with Crippen LogP contribution in [0.2, 0.25) is 0 Å². The maximum atomic E-state index is 13.1. The van der Waals surface area contributed by atoms with Crippen LogP contribution in [-0.4, -0.2) is 30.8 Å². The molecule has 3 N–H and O–H groups in total. The molecule has 0 unspecified atom stereocenters. The predicted octanol–water partition coefficient (Wildman–Crippen LogP) is 5.33. The first-order valence-electron chi connectivity index (χ1n) is 12.5. The van der Waals surface area contributed by atoms with Crippen molar-refractivity contribution in [2.24, 2.45) is 0 Å². The number of amides is 3. The van der Waals surface area contributed by atoms with E-state index >= 15 is 0 Å². The average Bonchev–Trinajstić information content (AvgIpc) is 2.96. The van der Waals surface area contributed by atoms with Gasteiger partial charge in [-0.2, -0.15) is 0 Å². The molecular weight excluding hydrogens is 476 g/mol. The molecule has 0 aliphatic carbocycles. The summed E-state index contributed by atoms with van der Waals surface area (Å²) in [5, 5.41) is 8.78. The molecule has 0 fully saturated rings. The van der Waals surface area contributed by atoms with E-state index in [1.807, 2.05) is 67.6 Å². The molecule has 38 heavy (non-hydrogen) atoms. The zero-order valence-corrected chi connectivity index (χ0v) is 21.2. The molecule has 7 nitrogen and oxygen atoms in total. The van der Waals surface area contributed by atoms with Gasteiger partial charge in [0.05, 0.1) is 6.54 Å². The maximum Gasteiger partial charge on any atom is 0.258 e. The van der Waals surface area contributed by atoms with Crippen molar-refractivity contribution in [2.75, 3.05) is 28.6 Å². The zero-order valence-electron chi connectivity index (χ0n) is 21.2. The van der Waals surface area contributed by atoms with E-state index in [1.54, 1.807) is 53.4 Å². The van der Waals surface area contributed by atoms with Crippen LogP contribution < -0.4 is 20.9 Å². The van der Waals surface area contributed by atoms with Crippen molar-refractivity contribution >= 4 is 34.8 Å². The Morgan fingerprint density at radius 1 is 0.711 bits per heavy atom. The summed E-state index contributed by atoms with van der Waals surface area (Å²) in [6.07, 6.45) is 0. The molecule has 0 saturated carbocycles. The highest BCUT2D eigenvalue weighted by atomic mass is 16.2. The first-order valence-corrected chi connectivity index (χ1v) is 12.5. The molecule has 7 heteroatoms. The highest BCUT2D eigenvalue weighted by Crippen LogP contribution is 2.19. The van der Waals surface area contributed by atoms with Crippen LogP contribution in [0.4, 0.5) is 17.1 Å². The Kier molecular flexibility index (Phi) is 8.86. The van der Waals surface area contributed by atoms with Gasteiger partial charge in [-0.15, -0.1) is 0 Å². The molecule has 0 aliphatic heterocycles. The number of nitrogens with one attached hydrogen (secondary N) is 3. The Hall–Kier alpha value is -4.91. The van der Waals surface area contributed by atoms with E-state index in [0.717, 1.165) is 11.3 Å². The monoisotopic (exact) mass is 506 g/mol. The van der Waals surface area contributed by atoms with Gasteiger partial charge in [0, 0.05) is 41.3 Å². The lowest BCUT2D eigenvalue weighted by molar-refractivity contribution is -0.114. The Morgan fingerprint density at radius 3 is 2.05 bits per heavy atom. The first-order chi connectivity index (χ1) is 18.5. The third kappa shape index (κ3) is 7.07. The number of hydrogen-bond acceptors (Lipinski definition) is 4. The highest BCUT2D eigenvalue weighted by Gasteiger charge is 2.16. The molecule has 4 aromatic carbocycles. The van der Waals surface area contributed by atoms with Crippen LogP contribution in [0.25, 0.3) is 0 Å². The van der Waals surface area contributed by atoms with Gasteiger partial charge in [0.1, 0.15) is 0 Å². The smallest absolute Gasteiger partial charge is 0.258 e. The van der Waals surface area contributed by atoms with E-state index < -0.39 is 0 Å². The van der Waals surface area contributed by atoms with Crippen LogP contribution in [0.3, 0.4) is 0 Å². The lowest BCUT2D eigenvalue weighted by Crippen LogP contribution is -2.30. The second-order valence-corrected chi connectivity index (χ2v) is 8.62. The minimum absolute atomic E-state index is 0.00162.